The molecule has 1 aliphatic carbocycles. The molecule has 2 aliphatic heterocycles. The highest BCUT2D eigenvalue weighted by Crippen LogP contribution is 2.39. The maximum absolute atomic E-state index is 14.6. The monoisotopic (exact) mass is 579 g/mol. The minimum Gasteiger partial charge on any atom is -0.494 e. The SMILES string of the molecule is C=C(/C=C(/F)C(=C)CC(=O)N1CC(CNCCCC[C@H](O)CO)C1)OCCCC1CCN(C(=O)OC2(C)CC2)CC1. The van der Waals surface area contributed by atoms with E-state index in [1.807, 2.05) is 6.92 Å². The van der Waals surface area contributed by atoms with Crippen molar-refractivity contribution in [3.05, 3.63) is 36.4 Å². The van der Waals surface area contributed by atoms with Gasteiger partial charge in [0.1, 0.15) is 17.2 Å². The van der Waals surface area contributed by atoms with Gasteiger partial charge in [-0.3, -0.25) is 4.79 Å². The summed E-state index contributed by atoms with van der Waals surface area (Å²) in [6.07, 6.45) is 8.25. The number of nitrogens with zero attached hydrogens (tertiary/aromatic N) is 2. The lowest BCUT2D eigenvalue weighted by Crippen LogP contribution is -2.53. The Morgan fingerprint density at radius 2 is 1.83 bits per heavy atom. The van der Waals surface area contributed by atoms with Crippen molar-refractivity contribution in [2.75, 3.05) is 52.5 Å². The second kappa shape index (κ2) is 16.3. The lowest BCUT2D eigenvalue weighted by molar-refractivity contribution is -0.136. The third-order valence-electron chi connectivity index (χ3n) is 8.29. The molecular weight excluding hydrogens is 529 g/mol. The Labute approximate surface area is 244 Å². The molecule has 1 atom stereocenters. The van der Waals surface area contributed by atoms with Crippen LogP contribution in [0.4, 0.5) is 9.18 Å². The van der Waals surface area contributed by atoms with Crippen molar-refractivity contribution in [3.63, 3.8) is 0 Å². The van der Waals surface area contributed by atoms with E-state index < -0.39 is 11.9 Å². The molecule has 0 aromatic carbocycles. The van der Waals surface area contributed by atoms with Gasteiger partial charge in [0.2, 0.25) is 5.91 Å². The number of carbonyl (C=O) groups is 2. The van der Waals surface area contributed by atoms with Gasteiger partial charge in [0.15, 0.2) is 0 Å². The highest BCUT2D eigenvalue weighted by atomic mass is 19.1. The molecule has 0 bridgehead atoms. The standard InChI is InChI=1S/C31H50FN3O6/c1-23(17-29(38)35-20-26(21-35)19-33-13-5-4-8-27(37)22-36)28(32)18-24(2)40-16-6-7-25-9-14-34(15-10-25)30(39)41-31(3)11-12-31/h18,25-27,33,36-37H,1-2,4-17,19-22H2,3H3/b28-18+/t27-/m0/s1. The number of piperidine rings is 1. The highest BCUT2D eigenvalue weighted by molar-refractivity contribution is 5.80. The number of aliphatic hydroxyl groups excluding tert-OH is 2. The Balaban J connectivity index is 1.20. The zero-order valence-corrected chi connectivity index (χ0v) is 24.8. The number of allylic oxidation sites excluding steroid dienone is 2. The van der Waals surface area contributed by atoms with Crippen molar-refractivity contribution in [1.82, 2.24) is 15.1 Å². The average molecular weight is 580 g/mol. The number of hydrogen-bond acceptors (Lipinski definition) is 7. The molecule has 2 saturated heterocycles. The number of rotatable bonds is 18. The van der Waals surface area contributed by atoms with E-state index >= 15 is 0 Å². The van der Waals surface area contributed by atoms with E-state index in [0.29, 0.717) is 38.0 Å². The third-order valence-corrected chi connectivity index (χ3v) is 8.29. The van der Waals surface area contributed by atoms with Crippen LogP contribution in [0, 0.1) is 11.8 Å². The van der Waals surface area contributed by atoms with Gasteiger partial charge in [-0.2, -0.15) is 0 Å². The maximum Gasteiger partial charge on any atom is 0.410 e. The van der Waals surface area contributed by atoms with Crippen LogP contribution in [0.5, 0.6) is 0 Å². The molecule has 10 heteroatoms. The van der Waals surface area contributed by atoms with Crippen LogP contribution in [0.3, 0.4) is 0 Å². The fraction of sp³-hybridized carbons (Fsp3) is 0.742. The smallest absolute Gasteiger partial charge is 0.410 e. The Bertz CT molecular complexity index is 923. The molecule has 41 heavy (non-hydrogen) atoms. The van der Waals surface area contributed by atoms with Crippen molar-refractivity contribution >= 4 is 12.0 Å². The molecule has 0 aromatic rings. The molecule has 3 aliphatic rings. The lowest BCUT2D eigenvalue weighted by atomic mass is 9.92. The number of aliphatic hydroxyl groups is 2. The molecule has 1 saturated carbocycles. The first kappa shape index (κ1) is 33.1. The molecular formula is C31H50FN3O6. The van der Waals surface area contributed by atoms with Crippen LogP contribution in [0.2, 0.25) is 0 Å². The minimum absolute atomic E-state index is 0.0750. The minimum atomic E-state index is -0.637. The molecule has 0 unspecified atom stereocenters. The molecule has 232 valence electrons. The van der Waals surface area contributed by atoms with Crippen LogP contribution >= 0.6 is 0 Å². The molecule has 2 heterocycles. The second-order valence-corrected chi connectivity index (χ2v) is 12.2. The fourth-order valence-corrected chi connectivity index (χ4v) is 5.13. The molecule has 3 N–H and O–H groups in total. The molecule has 3 rings (SSSR count). The van der Waals surface area contributed by atoms with Crippen LogP contribution < -0.4 is 5.32 Å². The van der Waals surface area contributed by atoms with Crippen LogP contribution in [-0.2, 0) is 14.3 Å². The van der Waals surface area contributed by atoms with Crippen molar-refractivity contribution in [1.29, 1.82) is 0 Å². The van der Waals surface area contributed by atoms with Crippen molar-refractivity contribution in [2.45, 2.75) is 82.8 Å². The Kier molecular flexibility index (Phi) is 13.1. The van der Waals surface area contributed by atoms with Crippen molar-refractivity contribution < 1.29 is 33.7 Å². The zero-order chi connectivity index (χ0) is 29.8. The summed E-state index contributed by atoms with van der Waals surface area (Å²) in [5, 5.41) is 21.5. The number of nitrogens with one attached hydrogen (secondary N) is 1. The summed E-state index contributed by atoms with van der Waals surface area (Å²) in [7, 11) is 0. The molecule has 0 radical (unpaired) electrons. The summed E-state index contributed by atoms with van der Waals surface area (Å²) in [6.45, 7) is 14.1. The van der Waals surface area contributed by atoms with Gasteiger partial charge < -0.3 is 34.8 Å². The van der Waals surface area contributed by atoms with Gasteiger partial charge in [0, 0.05) is 44.7 Å². The van der Waals surface area contributed by atoms with Gasteiger partial charge in [0.25, 0.3) is 0 Å². The summed E-state index contributed by atoms with van der Waals surface area (Å²) < 4.78 is 25.7. The number of amides is 2. The fourth-order valence-electron chi connectivity index (χ4n) is 5.13. The third kappa shape index (κ3) is 11.8. The Morgan fingerprint density at radius 3 is 2.49 bits per heavy atom. The summed E-state index contributed by atoms with van der Waals surface area (Å²) in [5.41, 5.74) is -0.123. The number of unbranched alkanes of at least 4 members (excludes halogenated alkanes) is 1. The van der Waals surface area contributed by atoms with Gasteiger partial charge in [-0.15, -0.1) is 0 Å². The topological polar surface area (TPSA) is 112 Å². The molecule has 0 aromatic heterocycles. The number of ether oxygens (including phenoxy) is 2. The van der Waals surface area contributed by atoms with Crippen LogP contribution in [-0.4, -0.2) is 96.2 Å². The van der Waals surface area contributed by atoms with Gasteiger partial charge in [-0.25, -0.2) is 9.18 Å². The summed E-state index contributed by atoms with van der Waals surface area (Å²) in [5.74, 6) is 0.389. The van der Waals surface area contributed by atoms with E-state index in [1.165, 1.54) is 6.08 Å². The first-order chi connectivity index (χ1) is 19.6. The predicted molar refractivity (Wildman–Crippen MR) is 156 cm³/mol. The molecule has 9 nitrogen and oxygen atoms in total. The second-order valence-electron chi connectivity index (χ2n) is 12.2. The molecule has 0 spiro atoms. The Morgan fingerprint density at radius 1 is 1.12 bits per heavy atom. The predicted octanol–water partition coefficient (Wildman–Crippen LogP) is 4.07. The zero-order valence-electron chi connectivity index (χ0n) is 24.8. The van der Waals surface area contributed by atoms with Gasteiger partial charge in [-0.1, -0.05) is 13.2 Å². The summed E-state index contributed by atoms with van der Waals surface area (Å²) in [6, 6.07) is 0. The highest BCUT2D eigenvalue weighted by Gasteiger charge is 2.43. The van der Waals surface area contributed by atoms with Gasteiger partial charge >= 0.3 is 6.09 Å². The first-order valence-electron chi connectivity index (χ1n) is 15.2. The quantitative estimate of drug-likeness (QED) is 0.128. The van der Waals surface area contributed by atoms with E-state index in [-0.39, 0.29) is 42.0 Å². The van der Waals surface area contributed by atoms with E-state index in [4.69, 9.17) is 14.6 Å². The average Bonchev–Trinajstić information content (AvgIpc) is 3.65. The number of halogens is 1. The summed E-state index contributed by atoms with van der Waals surface area (Å²) >= 11 is 0. The lowest BCUT2D eigenvalue weighted by Gasteiger charge is -2.39. The number of likely N-dealkylation sites (tertiary alicyclic amines) is 2. The van der Waals surface area contributed by atoms with Gasteiger partial charge in [-0.05, 0) is 82.7 Å². The van der Waals surface area contributed by atoms with Crippen molar-refractivity contribution in [3.8, 4) is 0 Å². The van der Waals surface area contributed by atoms with Gasteiger partial charge in [0.05, 0.1) is 25.7 Å². The van der Waals surface area contributed by atoms with E-state index in [1.54, 1.807) is 9.80 Å². The first-order valence-corrected chi connectivity index (χ1v) is 15.2. The largest absolute Gasteiger partial charge is 0.494 e. The van der Waals surface area contributed by atoms with E-state index in [0.717, 1.165) is 77.5 Å². The maximum atomic E-state index is 14.6. The molecule has 2 amide bonds. The Hall–Kier alpha value is -2.43. The van der Waals surface area contributed by atoms with Crippen LogP contribution in [0.25, 0.3) is 0 Å². The van der Waals surface area contributed by atoms with Crippen LogP contribution in [0.1, 0.15) is 71.1 Å². The normalized spacial score (nSPS) is 19.9. The summed E-state index contributed by atoms with van der Waals surface area (Å²) in [4.78, 5) is 28.2. The van der Waals surface area contributed by atoms with Crippen LogP contribution in [0.15, 0.2) is 36.4 Å². The van der Waals surface area contributed by atoms with E-state index in [9.17, 15) is 19.1 Å². The number of hydrogen-bond donors (Lipinski definition) is 3. The molecule has 3 fully saturated rings. The van der Waals surface area contributed by atoms with E-state index in [2.05, 4.69) is 18.5 Å². The number of carbonyl (C=O) groups excluding carboxylic acids is 2. The van der Waals surface area contributed by atoms with Crippen molar-refractivity contribution in [2.24, 2.45) is 11.8 Å².